The van der Waals surface area contributed by atoms with E-state index in [2.05, 4.69) is 9.47 Å². The molecule has 316 valence electrons. The molecule has 34 heteroatoms. The number of alkyl halides is 26. The fraction of sp³-hybridized carbons (Fsp3) is 0.895. The normalized spacial score (nSPS) is 15.8. The third kappa shape index (κ3) is 8.20. The van der Waals surface area contributed by atoms with Gasteiger partial charge < -0.3 is 9.47 Å². The van der Waals surface area contributed by atoms with Gasteiger partial charge in [-0.05, 0) is 0 Å². The Kier molecular flexibility index (Phi) is 13.2. The van der Waals surface area contributed by atoms with Crippen LogP contribution in [-0.2, 0) is 29.2 Å². The van der Waals surface area contributed by atoms with Crippen LogP contribution >= 0.6 is 0 Å². The molecule has 53 heavy (non-hydrogen) atoms. The maximum absolute atomic E-state index is 13.7. The molecule has 0 radical (unpaired) electrons. The summed E-state index contributed by atoms with van der Waals surface area (Å²) < 4.78 is 378. The molecule has 0 aliphatic rings. The summed E-state index contributed by atoms with van der Waals surface area (Å²) in [5, 5.41) is -4.32. The van der Waals surface area contributed by atoms with Crippen LogP contribution in [0, 0.1) is 0 Å². The molecule has 0 aromatic rings. The van der Waals surface area contributed by atoms with Gasteiger partial charge in [-0.3, -0.25) is 4.55 Å². The van der Waals surface area contributed by atoms with Crippen molar-refractivity contribution in [3.63, 3.8) is 0 Å². The predicted octanol–water partition coefficient (Wildman–Crippen LogP) is 7.59. The van der Waals surface area contributed by atoms with E-state index in [0.29, 0.717) is 0 Å². The topological polar surface area (TPSA) is 107 Å². The smallest absolute Gasteiger partial charge is 0.460 e. The van der Waals surface area contributed by atoms with E-state index in [4.69, 9.17) is 4.55 Å². The van der Waals surface area contributed by atoms with E-state index in [1.807, 2.05) is 0 Å². The molecule has 0 saturated heterocycles. The third-order valence-corrected chi connectivity index (χ3v) is 7.02. The first-order valence-corrected chi connectivity index (χ1v) is 13.3. The van der Waals surface area contributed by atoms with Crippen molar-refractivity contribution in [2.75, 3.05) is 13.2 Å². The molecule has 0 bridgehead atoms. The van der Waals surface area contributed by atoms with Gasteiger partial charge in [0.05, 0.1) is 26.1 Å². The molecule has 0 aliphatic carbocycles. The first-order valence-electron chi connectivity index (χ1n) is 11.8. The summed E-state index contributed by atoms with van der Waals surface area (Å²) >= 11 is 0. The Labute approximate surface area is 272 Å². The Hall–Kier alpha value is -2.97. The summed E-state index contributed by atoms with van der Waals surface area (Å²) in [5.74, 6) is -86.5. The second kappa shape index (κ2) is 14.0. The van der Waals surface area contributed by atoms with Crippen LogP contribution in [0.15, 0.2) is 0 Å². The number of carbonyl (C=O) groups is 2. The van der Waals surface area contributed by atoms with Crippen LogP contribution < -0.4 is 0 Å². The molecule has 0 aromatic heterocycles. The lowest BCUT2D eigenvalue weighted by molar-refractivity contribution is -0.440. The van der Waals surface area contributed by atoms with Gasteiger partial charge in [-0.15, -0.1) is 0 Å². The zero-order chi connectivity index (χ0) is 43.5. The first kappa shape index (κ1) is 50.0. The molecular formula is C19H10F26O7S. The van der Waals surface area contributed by atoms with Crippen LogP contribution in [0.25, 0.3) is 0 Å². The average molecular weight is 876 g/mol. The Morgan fingerprint density at radius 3 is 0.811 bits per heavy atom. The van der Waals surface area contributed by atoms with Gasteiger partial charge in [-0.2, -0.15) is 123 Å². The van der Waals surface area contributed by atoms with Crippen molar-refractivity contribution in [1.29, 1.82) is 0 Å². The van der Waals surface area contributed by atoms with Crippen LogP contribution in [0.2, 0.25) is 0 Å². The maximum atomic E-state index is 13.7. The van der Waals surface area contributed by atoms with Crippen molar-refractivity contribution in [2.45, 2.75) is 89.7 Å². The SMILES string of the molecule is O=C(OCCC(F)(F)C(F)(F)C(F)(F)C(F)(F)C(F)(F)C(F)(F)F)C(C(=O)OCCC(F)(F)C(F)(F)C(F)(F)C(F)(F)C(F)(F)C(F)(F)F)S(=O)(=O)O. The van der Waals surface area contributed by atoms with Gasteiger partial charge >= 0.3 is 83.5 Å². The van der Waals surface area contributed by atoms with E-state index in [-0.39, 0.29) is 0 Å². The summed E-state index contributed by atoms with van der Waals surface area (Å²) in [6, 6.07) is 0. The van der Waals surface area contributed by atoms with Crippen LogP contribution in [0.5, 0.6) is 0 Å². The highest BCUT2D eigenvalue weighted by molar-refractivity contribution is 7.88. The summed E-state index contributed by atoms with van der Waals surface area (Å²) in [6.45, 7) is -5.71. The fourth-order valence-electron chi connectivity index (χ4n) is 2.97. The molecule has 0 amide bonds. The molecule has 1 N–H and O–H groups in total. The minimum atomic E-state index is -8.41. The molecule has 0 atom stereocenters. The van der Waals surface area contributed by atoms with Gasteiger partial charge in [0.15, 0.2) is 0 Å². The number of esters is 2. The molecule has 0 spiro atoms. The number of hydrogen-bond acceptors (Lipinski definition) is 6. The van der Waals surface area contributed by atoms with Gasteiger partial charge in [0, 0.05) is 0 Å². The molecule has 0 rings (SSSR count). The highest BCUT2D eigenvalue weighted by atomic mass is 32.2. The zero-order valence-electron chi connectivity index (χ0n) is 23.5. The van der Waals surface area contributed by atoms with E-state index in [0.717, 1.165) is 0 Å². The summed E-state index contributed by atoms with van der Waals surface area (Å²) in [4.78, 5) is 23.4. The molecular weight excluding hydrogens is 866 g/mol. The number of hydrogen-bond donors (Lipinski definition) is 1. The number of carbonyl (C=O) groups excluding carboxylic acids is 2. The standard InChI is InChI=1S/C19H10F26O7S/c20-8(21,10(24,25)12(28,29)14(32,33)16(36,37)18(40,41)42)1-3-51-6(46)5(53(48,49)50)7(47)52-4-2-9(22,23)11(26,27)13(30,31)15(34,35)17(38,39)19(43,44)45/h5H,1-4H2,(H,48,49,50). The minimum Gasteiger partial charge on any atom is -0.464 e. The Morgan fingerprint density at radius 1 is 0.415 bits per heavy atom. The van der Waals surface area contributed by atoms with Gasteiger partial charge in [0.2, 0.25) is 0 Å². The monoisotopic (exact) mass is 876 g/mol. The molecule has 0 aliphatic heterocycles. The Bertz CT molecular complexity index is 1360. The summed E-state index contributed by atoms with van der Waals surface area (Å²) in [5.41, 5.74) is 0. The molecule has 0 heterocycles. The first-order chi connectivity index (χ1) is 22.6. The Balaban J connectivity index is 6.08. The van der Waals surface area contributed by atoms with Gasteiger partial charge in [0.1, 0.15) is 0 Å². The van der Waals surface area contributed by atoms with Gasteiger partial charge in [-0.25, -0.2) is 9.59 Å². The minimum absolute atomic E-state index is 2.85. The highest BCUT2D eigenvalue weighted by Crippen LogP contribution is 2.62. The van der Waals surface area contributed by atoms with E-state index in [1.54, 1.807) is 0 Å². The quantitative estimate of drug-likeness (QED) is 0.0696. The van der Waals surface area contributed by atoms with Crippen LogP contribution in [0.4, 0.5) is 114 Å². The highest BCUT2D eigenvalue weighted by Gasteiger charge is 2.92. The molecule has 0 aromatic carbocycles. The number of rotatable bonds is 17. The van der Waals surface area contributed by atoms with E-state index in [9.17, 15) is 132 Å². The van der Waals surface area contributed by atoms with Crippen molar-refractivity contribution >= 4 is 22.1 Å². The lowest BCUT2D eigenvalue weighted by atomic mass is 9.93. The summed E-state index contributed by atoms with van der Waals surface area (Å²) in [7, 11) is -6.64. The number of halogens is 26. The molecule has 0 fully saturated rings. The predicted molar refractivity (Wildman–Crippen MR) is 108 cm³/mol. The summed E-state index contributed by atoms with van der Waals surface area (Å²) in [6.07, 6.45) is -22.5. The molecule has 0 saturated carbocycles. The lowest BCUT2D eigenvalue weighted by Gasteiger charge is -2.39. The van der Waals surface area contributed by atoms with Crippen molar-refractivity contribution < 1.29 is 146 Å². The van der Waals surface area contributed by atoms with Crippen LogP contribution in [0.3, 0.4) is 0 Å². The largest absolute Gasteiger partial charge is 0.464 e. The maximum Gasteiger partial charge on any atom is 0.460 e. The van der Waals surface area contributed by atoms with E-state index in [1.165, 1.54) is 0 Å². The van der Waals surface area contributed by atoms with E-state index >= 15 is 0 Å². The fourth-order valence-corrected chi connectivity index (χ4v) is 3.59. The van der Waals surface area contributed by atoms with Gasteiger partial charge in [-0.1, -0.05) is 0 Å². The zero-order valence-corrected chi connectivity index (χ0v) is 24.4. The van der Waals surface area contributed by atoms with Crippen LogP contribution in [-0.4, -0.2) is 115 Å². The van der Waals surface area contributed by atoms with Crippen LogP contribution in [0.1, 0.15) is 12.8 Å². The Morgan fingerprint density at radius 2 is 0.623 bits per heavy atom. The average Bonchev–Trinajstić information content (AvgIpc) is 2.89. The van der Waals surface area contributed by atoms with Crippen molar-refractivity contribution in [1.82, 2.24) is 0 Å². The molecule has 7 nitrogen and oxygen atoms in total. The lowest BCUT2D eigenvalue weighted by Crippen LogP contribution is -2.70. The second-order valence-corrected chi connectivity index (χ2v) is 11.2. The van der Waals surface area contributed by atoms with E-state index < -0.39 is 125 Å². The number of ether oxygens (including phenoxy) is 2. The third-order valence-electron chi connectivity index (χ3n) is 6.04. The van der Waals surface area contributed by atoms with Gasteiger partial charge in [0.25, 0.3) is 15.4 Å². The van der Waals surface area contributed by atoms with Crippen molar-refractivity contribution in [2.24, 2.45) is 0 Å². The molecule has 0 unspecified atom stereocenters. The van der Waals surface area contributed by atoms with Crippen molar-refractivity contribution in [3.05, 3.63) is 0 Å². The second-order valence-electron chi connectivity index (χ2n) is 9.73. The van der Waals surface area contributed by atoms with Crippen molar-refractivity contribution in [3.8, 4) is 0 Å².